The van der Waals surface area contributed by atoms with E-state index in [1.807, 2.05) is 50.2 Å². The fourth-order valence-corrected chi connectivity index (χ4v) is 6.80. The lowest BCUT2D eigenvalue weighted by Gasteiger charge is -2.27. The number of benzene rings is 6. The highest BCUT2D eigenvalue weighted by molar-refractivity contribution is 5.98. The van der Waals surface area contributed by atoms with Crippen molar-refractivity contribution in [2.24, 2.45) is 11.5 Å². The van der Waals surface area contributed by atoms with Gasteiger partial charge in [-0.1, -0.05) is 72.8 Å². The number of nitrogens with zero attached hydrogens (tertiary/aromatic N) is 2. The molecule has 0 bridgehead atoms. The van der Waals surface area contributed by atoms with Gasteiger partial charge in [-0.15, -0.1) is 0 Å². The highest BCUT2D eigenvalue weighted by atomic mass is 19.4. The van der Waals surface area contributed by atoms with E-state index in [2.05, 4.69) is 0 Å². The fourth-order valence-electron chi connectivity index (χ4n) is 6.80. The van der Waals surface area contributed by atoms with Gasteiger partial charge in [-0.25, -0.2) is 4.39 Å². The molecule has 6 aromatic carbocycles. The minimum absolute atomic E-state index is 0.114. The highest BCUT2D eigenvalue weighted by Gasteiger charge is 2.31. The molecule has 342 valence electrons. The Hall–Kier alpha value is -6.71. The average molecular weight is 903 g/mol. The van der Waals surface area contributed by atoms with Gasteiger partial charge >= 0.3 is 12.4 Å². The molecule has 65 heavy (non-hydrogen) atoms. The largest absolute Gasteiger partial charge is 0.493 e. The first-order valence-electron chi connectivity index (χ1n) is 20.4. The van der Waals surface area contributed by atoms with Crippen LogP contribution in [0.15, 0.2) is 140 Å². The maximum Gasteiger partial charge on any atom is 0.416 e. The zero-order valence-corrected chi connectivity index (χ0v) is 36.1. The molecule has 0 aromatic heterocycles. The Labute approximate surface area is 373 Å². The SMILES string of the molecule is COc1ccc(N(CCc2ccc(C(F)(F)F)cc2)C(=O)C(N)c2cccc(F)c2)cc1OC.Cc1ccc(N(CCc2ccc(C(F)(F)F)cc2)C(=O)C(N)c2ccccc2)cc1C. The van der Waals surface area contributed by atoms with E-state index < -0.39 is 47.3 Å². The number of anilines is 2. The molecule has 0 saturated heterocycles. The summed E-state index contributed by atoms with van der Waals surface area (Å²) in [6.45, 7) is 4.37. The van der Waals surface area contributed by atoms with Crippen molar-refractivity contribution in [3.05, 3.63) is 190 Å². The lowest BCUT2D eigenvalue weighted by molar-refractivity contribution is -0.138. The van der Waals surface area contributed by atoms with E-state index in [4.69, 9.17) is 20.9 Å². The number of nitrogens with two attached hydrogens (primary N) is 2. The van der Waals surface area contributed by atoms with E-state index in [-0.39, 0.29) is 18.9 Å². The number of alkyl halides is 6. The quantitative estimate of drug-likeness (QED) is 0.105. The van der Waals surface area contributed by atoms with Gasteiger partial charge in [0.25, 0.3) is 0 Å². The fraction of sp³-hybridized carbons (Fsp3) is 0.240. The number of methoxy groups -OCH3 is 2. The molecule has 0 aliphatic rings. The first kappa shape index (κ1) is 49.3. The molecule has 6 rings (SSSR count). The van der Waals surface area contributed by atoms with Crippen molar-refractivity contribution in [1.29, 1.82) is 0 Å². The molecule has 0 fully saturated rings. The lowest BCUT2D eigenvalue weighted by Crippen LogP contribution is -2.40. The molecule has 0 heterocycles. The summed E-state index contributed by atoms with van der Waals surface area (Å²) >= 11 is 0. The van der Waals surface area contributed by atoms with Gasteiger partial charge in [0.1, 0.15) is 17.9 Å². The van der Waals surface area contributed by atoms with E-state index in [9.17, 15) is 40.3 Å². The number of aryl methyl sites for hydroxylation is 2. The molecule has 15 heteroatoms. The van der Waals surface area contributed by atoms with Gasteiger partial charge in [-0.3, -0.25) is 9.59 Å². The third kappa shape index (κ3) is 13.2. The van der Waals surface area contributed by atoms with Crippen molar-refractivity contribution in [1.82, 2.24) is 0 Å². The second kappa shape index (κ2) is 21.8. The summed E-state index contributed by atoms with van der Waals surface area (Å²) in [6.07, 6.45) is -8.15. The monoisotopic (exact) mass is 902 g/mol. The highest BCUT2D eigenvalue weighted by Crippen LogP contribution is 2.34. The molecule has 2 amide bonds. The Morgan fingerprint density at radius 3 is 1.46 bits per heavy atom. The topological polar surface area (TPSA) is 111 Å². The Balaban J connectivity index is 0.000000245. The number of carbonyl (C=O) groups excluding carboxylic acids is 2. The number of carbonyl (C=O) groups is 2. The number of ether oxygens (including phenoxy) is 2. The van der Waals surface area contributed by atoms with Crippen molar-refractivity contribution in [2.75, 3.05) is 37.1 Å². The number of rotatable bonds is 14. The molecule has 2 unspecified atom stereocenters. The maximum atomic E-state index is 13.7. The first-order chi connectivity index (χ1) is 30.8. The van der Waals surface area contributed by atoms with E-state index in [0.717, 1.165) is 35.4 Å². The molecular weight excluding hydrogens is 854 g/mol. The van der Waals surface area contributed by atoms with Gasteiger partial charge in [0.05, 0.1) is 25.3 Å². The summed E-state index contributed by atoms with van der Waals surface area (Å²) < 4.78 is 101. The van der Waals surface area contributed by atoms with Gasteiger partial charge in [0.15, 0.2) is 11.5 Å². The average Bonchev–Trinajstić information content (AvgIpc) is 3.29. The van der Waals surface area contributed by atoms with Crippen LogP contribution in [-0.4, -0.2) is 39.1 Å². The van der Waals surface area contributed by atoms with Crippen LogP contribution in [0.4, 0.5) is 42.1 Å². The normalized spacial score (nSPS) is 12.3. The second-order valence-electron chi connectivity index (χ2n) is 15.1. The number of hydrogen-bond acceptors (Lipinski definition) is 6. The third-order valence-electron chi connectivity index (χ3n) is 10.7. The van der Waals surface area contributed by atoms with Gasteiger partial charge in [0, 0.05) is 30.5 Å². The summed E-state index contributed by atoms with van der Waals surface area (Å²) in [6, 6.07) is 32.9. The standard InChI is InChI=1S/C25H24F4N2O3.C25H25F3N2O/c1-33-21-11-10-20(15-22(21)34-2)31(24(32)23(30)17-4-3-5-19(26)14-17)13-12-16-6-8-18(9-7-16)25(27,28)29;1-17-8-13-22(16-18(17)2)30(24(31)23(29)20-6-4-3-5-7-20)15-14-19-9-11-21(12-10-19)25(26,27)28/h3-11,14-15,23H,12-13,30H2,1-2H3;3-13,16,23H,14-15,29H2,1-2H3. The molecule has 8 nitrogen and oxygen atoms in total. The lowest BCUT2D eigenvalue weighted by atomic mass is 10.0. The molecule has 0 aliphatic heterocycles. The first-order valence-corrected chi connectivity index (χ1v) is 20.4. The predicted molar refractivity (Wildman–Crippen MR) is 237 cm³/mol. The smallest absolute Gasteiger partial charge is 0.416 e. The van der Waals surface area contributed by atoms with E-state index >= 15 is 0 Å². The van der Waals surface area contributed by atoms with Crippen LogP contribution in [0.1, 0.15) is 56.6 Å². The molecule has 0 radical (unpaired) electrons. The zero-order valence-electron chi connectivity index (χ0n) is 36.1. The predicted octanol–water partition coefficient (Wildman–Crippen LogP) is 10.7. The molecule has 4 N–H and O–H groups in total. The van der Waals surface area contributed by atoms with Crippen LogP contribution in [0.2, 0.25) is 0 Å². The van der Waals surface area contributed by atoms with Gasteiger partial charge in [-0.2, -0.15) is 26.3 Å². The van der Waals surface area contributed by atoms with Gasteiger partial charge in [0.2, 0.25) is 11.8 Å². The number of halogens is 7. The van der Waals surface area contributed by atoms with Crippen LogP contribution in [-0.2, 0) is 34.8 Å². The van der Waals surface area contributed by atoms with E-state index in [0.29, 0.717) is 58.1 Å². The summed E-state index contributed by atoms with van der Waals surface area (Å²) in [5.41, 5.74) is 16.6. The van der Waals surface area contributed by atoms with Crippen molar-refractivity contribution < 1.29 is 49.8 Å². The summed E-state index contributed by atoms with van der Waals surface area (Å²) in [4.78, 5) is 29.7. The van der Waals surface area contributed by atoms with Crippen LogP contribution in [0.25, 0.3) is 0 Å². The van der Waals surface area contributed by atoms with Crippen LogP contribution in [0, 0.1) is 19.7 Å². The van der Waals surface area contributed by atoms with Crippen molar-refractivity contribution in [2.45, 2.75) is 51.1 Å². The molecule has 0 aliphatic carbocycles. The third-order valence-corrected chi connectivity index (χ3v) is 10.7. The molecular formula is C50H49F7N4O4. The summed E-state index contributed by atoms with van der Waals surface area (Å²) in [5.74, 6) is -0.461. The molecule has 0 spiro atoms. The second-order valence-corrected chi connectivity index (χ2v) is 15.1. The Morgan fingerprint density at radius 1 is 0.538 bits per heavy atom. The molecule has 6 aromatic rings. The van der Waals surface area contributed by atoms with Crippen LogP contribution in [0.5, 0.6) is 11.5 Å². The van der Waals surface area contributed by atoms with Crippen molar-refractivity contribution in [3.8, 4) is 11.5 Å². The van der Waals surface area contributed by atoms with E-state index in [1.54, 1.807) is 41.3 Å². The zero-order chi connectivity index (χ0) is 47.5. The Morgan fingerprint density at radius 2 is 1.00 bits per heavy atom. The van der Waals surface area contributed by atoms with Gasteiger partial charge in [-0.05, 0) is 121 Å². The minimum Gasteiger partial charge on any atom is -0.493 e. The number of amides is 2. The Kier molecular flexibility index (Phi) is 16.5. The molecule has 0 saturated carbocycles. The van der Waals surface area contributed by atoms with Crippen molar-refractivity contribution >= 4 is 23.2 Å². The summed E-state index contributed by atoms with van der Waals surface area (Å²) in [7, 11) is 2.93. The maximum absolute atomic E-state index is 13.7. The number of hydrogen-bond donors (Lipinski definition) is 2. The van der Waals surface area contributed by atoms with Crippen molar-refractivity contribution in [3.63, 3.8) is 0 Å². The van der Waals surface area contributed by atoms with Gasteiger partial charge < -0.3 is 30.7 Å². The van der Waals surface area contributed by atoms with Crippen LogP contribution < -0.4 is 30.7 Å². The minimum atomic E-state index is -4.43. The van der Waals surface area contributed by atoms with E-state index in [1.165, 1.54) is 61.6 Å². The van der Waals surface area contributed by atoms with Crippen LogP contribution >= 0.6 is 0 Å². The Bertz CT molecular complexity index is 2520. The molecule has 2 atom stereocenters. The van der Waals surface area contributed by atoms with Crippen LogP contribution in [0.3, 0.4) is 0 Å². The summed E-state index contributed by atoms with van der Waals surface area (Å²) in [5, 5.41) is 0.